The van der Waals surface area contributed by atoms with E-state index >= 15 is 0 Å². The third-order valence-corrected chi connectivity index (χ3v) is 12.0. The van der Waals surface area contributed by atoms with Crippen LogP contribution >= 0.6 is 0 Å². The molecule has 0 aliphatic rings. The molecule has 13 rings (SSSR count). The molecule has 13 aromatic rings. The summed E-state index contributed by atoms with van der Waals surface area (Å²) in [5, 5.41) is 13.1. The lowest BCUT2D eigenvalue weighted by atomic mass is 9.95. The van der Waals surface area contributed by atoms with E-state index in [2.05, 4.69) is 191 Å². The molecule has 0 bridgehead atoms. The third kappa shape index (κ3) is 3.87. The Bertz CT molecular complexity index is 3760. The minimum absolute atomic E-state index is 0.654. The lowest BCUT2D eigenvalue weighted by molar-refractivity contribution is 1.02. The standard InChI is InChI=1S/C52H30N4/c1-2-14-31(15-3-1)34-18-8-9-22-38(34)50-41-29-28-32-16-4-7-20-36(32)49(41)53-52(54-50)56-44-27-13-26-43-47(44)48-45(56)30-33-17-5-6-19-35(33)46(48)40-24-12-23-39-37-21-10-11-25-42(37)55(43)51(39)40/h1-30H. The van der Waals surface area contributed by atoms with E-state index in [1.165, 1.54) is 59.6 Å². The number of rotatable bonds is 3. The van der Waals surface area contributed by atoms with Gasteiger partial charge in [0, 0.05) is 48.7 Å². The van der Waals surface area contributed by atoms with Gasteiger partial charge in [0.2, 0.25) is 5.95 Å². The summed E-state index contributed by atoms with van der Waals surface area (Å²) in [5.74, 6) is 0.654. The predicted molar refractivity (Wildman–Crippen MR) is 234 cm³/mol. The van der Waals surface area contributed by atoms with Crippen LogP contribution in [-0.4, -0.2) is 18.9 Å². The van der Waals surface area contributed by atoms with Gasteiger partial charge in [-0.1, -0.05) is 152 Å². The zero-order valence-electron chi connectivity index (χ0n) is 30.1. The fourth-order valence-electron chi connectivity index (χ4n) is 9.73. The Kier molecular flexibility index (Phi) is 5.86. The SMILES string of the molecule is c1ccc(-c2ccccc2-c2nc(-n3c4cc5ccccc5c5c6cccc7c8ccccc8n(c8cccc3c8c54)c76)nc3c2ccc2ccccc23)cc1. The molecule has 0 saturated heterocycles. The Morgan fingerprint density at radius 3 is 1.91 bits per heavy atom. The highest BCUT2D eigenvalue weighted by Gasteiger charge is 2.25. The average Bonchev–Trinajstić information content (AvgIpc) is 3.73. The summed E-state index contributed by atoms with van der Waals surface area (Å²) >= 11 is 0. The maximum Gasteiger partial charge on any atom is 0.235 e. The van der Waals surface area contributed by atoms with E-state index in [9.17, 15) is 0 Å². The molecular weight excluding hydrogens is 681 g/mol. The van der Waals surface area contributed by atoms with Crippen LogP contribution in [0.2, 0.25) is 0 Å². The van der Waals surface area contributed by atoms with Crippen molar-refractivity contribution in [3.8, 4) is 28.3 Å². The Labute approximate surface area is 320 Å². The molecule has 4 aromatic heterocycles. The van der Waals surface area contributed by atoms with E-state index in [0.717, 1.165) is 55.1 Å². The van der Waals surface area contributed by atoms with Crippen LogP contribution < -0.4 is 0 Å². The topological polar surface area (TPSA) is 35.1 Å². The van der Waals surface area contributed by atoms with Gasteiger partial charge in [-0.25, -0.2) is 9.97 Å². The summed E-state index contributed by atoms with van der Waals surface area (Å²) in [6.07, 6.45) is 0. The van der Waals surface area contributed by atoms with Crippen molar-refractivity contribution in [3.63, 3.8) is 0 Å². The number of hydrogen-bond acceptors (Lipinski definition) is 2. The van der Waals surface area contributed by atoms with Gasteiger partial charge in [-0.2, -0.15) is 0 Å². The van der Waals surface area contributed by atoms with E-state index in [1.807, 2.05) is 0 Å². The van der Waals surface area contributed by atoms with Gasteiger partial charge in [0.25, 0.3) is 0 Å². The van der Waals surface area contributed by atoms with Crippen LogP contribution in [0.5, 0.6) is 0 Å². The van der Waals surface area contributed by atoms with Crippen molar-refractivity contribution in [3.05, 3.63) is 182 Å². The van der Waals surface area contributed by atoms with Crippen LogP contribution in [0.1, 0.15) is 0 Å². The highest BCUT2D eigenvalue weighted by molar-refractivity contribution is 6.36. The first-order chi connectivity index (χ1) is 27.8. The molecule has 4 heteroatoms. The first-order valence-electron chi connectivity index (χ1n) is 19.2. The molecule has 0 atom stereocenters. The smallest absolute Gasteiger partial charge is 0.235 e. The summed E-state index contributed by atoms with van der Waals surface area (Å²) in [6, 6.07) is 65.8. The minimum atomic E-state index is 0.654. The predicted octanol–water partition coefficient (Wildman–Crippen LogP) is 13.5. The summed E-state index contributed by atoms with van der Waals surface area (Å²) in [6.45, 7) is 0. The van der Waals surface area contributed by atoms with Gasteiger partial charge < -0.3 is 4.40 Å². The monoisotopic (exact) mass is 710 g/mol. The number of benzene rings is 9. The van der Waals surface area contributed by atoms with E-state index < -0.39 is 0 Å². The highest BCUT2D eigenvalue weighted by atomic mass is 15.2. The molecule has 0 fully saturated rings. The van der Waals surface area contributed by atoms with Gasteiger partial charge >= 0.3 is 0 Å². The van der Waals surface area contributed by atoms with Crippen molar-refractivity contribution in [2.45, 2.75) is 0 Å². The second-order valence-electron chi connectivity index (χ2n) is 14.9. The van der Waals surface area contributed by atoms with Gasteiger partial charge in [0.05, 0.1) is 38.8 Å². The van der Waals surface area contributed by atoms with Gasteiger partial charge in [0.15, 0.2) is 0 Å². The van der Waals surface area contributed by atoms with Crippen LogP contribution in [0.3, 0.4) is 0 Å². The van der Waals surface area contributed by atoms with Crippen LogP contribution in [0.15, 0.2) is 182 Å². The lowest BCUT2D eigenvalue weighted by Gasteiger charge is -2.16. The lowest BCUT2D eigenvalue weighted by Crippen LogP contribution is -2.04. The van der Waals surface area contributed by atoms with Crippen LogP contribution in [0.4, 0.5) is 0 Å². The molecule has 9 aromatic carbocycles. The maximum absolute atomic E-state index is 5.66. The maximum atomic E-state index is 5.66. The van der Waals surface area contributed by atoms with Crippen molar-refractivity contribution in [1.29, 1.82) is 0 Å². The molecule has 4 nitrogen and oxygen atoms in total. The van der Waals surface area contributed by atoms with Crippen molar-refractivity contribution in [1.82, 2.24) is 18.9 Å². The number of fused-ring (bicyclic) bond motifs is 10. The van der Waals surface area contributed by atoms with Crippen molar-refractivity contribution < 1.29 is 0 Å². The molecule has 0 radical (unpaired) electrons. The van der Waals surface area contributed by atoms with Crippen LogP contribution in [0.25, 0.3) is 121 Å². The quantitative estimate of drug-likeness (QED) is 0.171. The molecule has 4 heterocycles. The van der Waals surface area contributed by atoms with Gasteiger partial charge in [-0.3, -0.25) is 4.57 Å². The minimum Gasteiger partial charge on any atom is -0.308 e. The van der Waals surface area contributed by atoms with Crippen molar-refractivity contribution in [2.75, 3.05) is 0 Å². The first kappa shape index (κ1) is 29.8. The Morgan fingerprint density at radius 1 is 0.357 bits per heavy atom. The summed E-state index contributed by atoms with van der Waals surface area (Å²) < 4.78 is 4.83. The molecule has 0 aliphatic heterocycles. The summed E-state index contributed by atoms with van der Waals surface area (Å²) in [5.41, 5.74) is 11.0. The Balaban J connectivity index is 1.27. The van der Waals surface area contributed by atoms with Gasteiger partial charge in [-0.15, -0.1) is 0 Å². The fourth-order valence-corrected chi connectivity index (χ4v) is 9.73. The van der Waals surface area contributed by atoms with Crippen LogP contribution in [-0.2, 0) is 0 Å². The Hall–Kier alpha value is -7.56. The molecular formula is C52H30N4. The van der Waals surface area contributed by atoms with Gasteiger partial charge in [0.1, 0.15) is 0 Å². The zero-order valence-corrected chi connectivity index (χ0v) is 30.1. The number of hydrogen-bond donors (Lipinski definition) is 0. The molecule has 0 aliphatic carbocycles. The molecule has 0 unspecified atom stereocenters. The fraction of sp³-hybridized carbons (Fsp3) is 0. The summed E-state index contributed by atoms with van der Waals surface area (Å²) in [7, 11) is 0. The van der Waals surface area contributed by atoms with Crippen LogP contribution in [0, 0.1) is 0 Å². The van der Waals surface area contributed by atoms with E-state index in [4.69, 9.17) is 9.97 Å². The van der Waals surface area contributed by atoms with E-state index in [0.29, 0.717) is 5.95 Å². The molecule has 258 valence electrons. The number of para-hydroxylation sites is 2. The van der Waals surface area contributed by atoms with Gasteiger partial charge in [-0.05, 0) is 57.6 Å². The second-order valence-corrected chi connectivity index (χ2v) is 14.9. The number of nitrogens with zero attached hydrogens (tertiary/aromatic N) is 4. The highest BCUT2D eigenvalue weighted by Crippen LogP contribution is 2.47. The second kappa shape index (κ2) is 11.0. The third-order valence-electron chi connectivity index (χ3n) is 12.0. The largest absolute Gasteiger partial charge is 0.308 e. The zero-order chi connectivity index (χ0) is 36.5. The molecule has 0 saturated carbocycles. The average molecular weight is 711 g/mol. The van der Waals surface area contributed by atoms with Crippen molar-refractivity contribution >= 4 is 92.3 Å². The van der Waals surface area contributed by atoms with Crippen molar-refractivity contribution in [2.24, 2.45) is 0 Å². The van der Waals surface area contributed by atoms with E-state index in [1.54, 1.807) is 0 Å². The van der Waals surface area contributed by atoms with E-state index in [-0.39, 0.29) is 0 Å². The number of aromatic nitrogens is 4. The Morgan fingerprint density at radius 2 is 1.02 bits per heavy atom. The molecule has 56 heavy (non-hydrogen) atoms. The first-order valence-corrected chi connectivity index (χ1v) is 19.2. The molecule has 0 N–H and O–H groups in total. The molecule has 0 amide bonds. The normalized spacial score (nSPS) is 12.3. The molecule has 0 spiro atoms. The summed E-state index contributed by atoms with van der Waals surface area (Å²) in [4.78, 5) is 11.2.